The number of aliphatic hydroxyl groups is 1. The Bertz CT molecular complexity index is 1160. The molecule has 1 N–H and O–H groups in total. The van der Waals surface area contributed by atoms with E-state index in [-0.39, 0.29) is 19.6 Å². The second-order valence-corrected chi connectivity index (χ2v) is 8.95. The molecule has 1 heterocycles. The fraction of sp³-hybridized carbons (Fsp3) is 0.286. The van der Waals surface area contributed by atoms with Gasteiger partial charge in [0.1, 0.15) is 19.1 Å². The second kappa shape index (κ2) is 10.6. The minimum atomic E-state index is -1.72. The zero-order chi connectivity index (χ0) is 24.8. The van der Waals surface area contributed by atoms with Gasteiger partial charge in [-0.15, -0.1) is 0 Å². The van der Waals surface area contributed by atoms with Crippen molar-refractivity contribution in [2.45, 2.75) is 38.1 Å². The van der Waals surface area contributed by atoms with Gasteiger partial charge in [0.15, 0.2) is 5.78 Å². The summed E-state index contributed by atoms with van der Waals surface area (Å²) in [6, 6.07) is 21.6. The van der Waals surface area contributed by atoms with E-state index in [0.717, 1.165) is 11.1 Å². The third-order valence-electron chi connectivity index (χ3n) is 6.29. The van der Waals surface area contributed by atoms with Crippen LogP contribution >= 0.6 is 0 Å². The van der Waals surface area contributed by atoms with E-state index in [1.807, 2.05) is 60.7 Å². The van der Waals surface area contributed by atoms with E-state index in [2.05, 4.69) is 4.98 Å². The molecule has 4 rings (SSSR count). The lowest BCUT2D eigenvalue weighted by atomic mass is 9.62. The molecule has 1 aromatic heterocycles. The number of benzene rings is 2. The van der Waals surface area contributed by atoms with Gasteiger partial charge in [-0.05, 0) is 29.7 Å². The first-order chi connectivity index (χ1) is 16.9. The molecule has 3 aromatic rings. The highest BCUT2D eigenvalue weighted by atomic mass is 16.5. The highest BCUT2D eigenvalue weighted by Gasteiger charge is 2.57. The number of carbonyl (C=O) groups is 3. The van der Waals surface area contributed by atoms with E-state index in [1.165, 1.54) is 13.1 Å². The first-order valence-corrected chi connectivity index (χ1v) is 11.4. The maximum Gasteiger partial charge on any atom is 0.317 e. The molecule has 0 radical (unpaired) electrons. The number of rotatable bonds is 7. The van der Waals surface area contributed by atoms with E-state index >= 15 is 0 Å². The first kappa shape index (κ1) is 24.3. The molecule has 7 nitrogen and oxygen atoms in total. The maximum atomic E-state index is 13.4. The van der Waals surface area contributed by atoms with E-state index < -0.39 is 41.1 Å². The normalized spacial score (nSPS) is 23.9. The second-order valence-electron chi connectivity index (χ2n) is 8.95. The smallest absolute Gasteiger partial charge is 0.317 e. The molecule has 0 spiro atoms. The van der Waals surface area contributed by atoms with E-state index in [9.17, 15) is 19.5 Å². The molecule has 180 valence electrons. The van der Waals surface area contributed by atoms with Gasteiger partial charge in [0.2, 0.25) is 0 Å². The van der Waals surface area contributed by atoms with Crippen molar-refractivity contribution in [3.05, 3.63) is 102 Å². The summed E-state index contributed by atoms with van der Waals surface area (Å²) in [5.74, 6) is -5.38. The molecule has 0 saturated heterocycles. The molecular formula is C28H27NO6. The standard InChI is InChI=1S/C28H27NO6/c1-28(33)15-22(30)24(26(31)34-17-19-9-4-2-5-10-19)23(21-13-8-14-29-16-21)25(28)27(32)35-18-20-11-6-3-7-12-20/h2-14,16,23-25,33H,15,17-18H2,1H3/t23-,24-,25-,28-/m0/s1. The number of pyridine rings is 1. The summed E-state index contributed by atoms with van der Waals surface area (Å²) in [5, 5.41) is 11.2. The van der Waals surface area contributed by atoms with Crippen molar-refractivity contribution in [2.75, 3.05) is 0 Å². The van der Waals surface area contributed by atoms with Crippen molar-refractivity contribution < 1.29 is 29.0 Å². The monoisotopic (exact) mass is 473 g/mol. The SMILES string of the molecule is C[C@]1(O)CC(=O)[C@H](C(=O)OCc2ccccc2)[C@H](c2cccnc2)[C@H]1C(=O)OCc1ccccc1. The summed E-state index contributed by atoms with van der Waals surface area (Å²) in [7, 11) is 0. The summed E-state index contributed by atoms with van der Waals surface area (Å²) in [4.78, 5) is 43.9. The third kappa shape index (κ3) is 5.63. The zero-order valence-corrected chi connectivity index (χ0v) is 19.4. The molecule has 2 aromatic carbocycles. The van der Waals surface area contributed by atoms with Crippen LogP contribution in [0.3, 0.4) is 0 Å². The number of aromatic nitrogens is 1. The lowest BCUT2D eigenvalue weighted by molar-refractivity contribution is -0.174. The molecule has 1 saturated carbocycles. The molecule has 0 amide bonds. The Morgan fingerprint density at radius 3 is 2.03 bits per heavy atom. The topological polar surface area (TPSA) is 103 Å². The molecule has 7 heteroatoms. The highest BCUT2D eigenvalue weighted by Crippen LogP contribution is 2.46. The van der Waals surface area contributed by atoms with E-state index in [0.29, 0.717) is 5.56 Å². The summed E-state index contributed by atoms with van der Waals surface area (Å²) in [5.41, 5.74) is 0.308. The van der Waals surface area contributed by atoms with Crippen LogP contribution in [-0.2, 0) is 37.1 Å². The predicted molar refractivity (Wildman–Crippen MR) is 127 cm³/mol. The van der Waals surface area contributed by atoms with Crippen molar-refractivity contribution >= 4 is 17.7 Å². The Labute approximate surface area is 203 Å². The third-order valence-corrected chi connectivity index (χ3v) is 6.29. The largest absolute Gasteiger partial charge is 0.461 e. The first-order valence-electron chi connectivity index (χ1n) is 11.4. The Morgan fingerprint density at radius 1 is 0.914 bits per heavy atom. The van der Waals surface area contributed by atoms with Crippen LogP contribution in [0, 0.1) is 11.8 Å². The average Bonchev–Trinajstić information content (AvgIpc) is 2.86. The summed E-state index contributed by atoms with van der Waals surface area (Å²) in [6.07, 6.45) is 2.67. The van der Waals surface area contributed by atoms with Gasteiger partial charge in [-0.3, -0.25) is 19.4 Å². The minimum absolute atomic E-state index is 0.00306. The zero-order valence-electron chi connectivity index (χ0n) is 19.4. The Hall–Kier alpha value is -3.84. The van der Waals surface area contributed by atoms with Crippen LogP contribution in [0.4, 0.5) is 0 Å². The molecule has 0 unspecified atom stereocenters. The lowest BCUT2D eigenvalue weighted by Gasteiger charge is -2.43. The quantitative estimate of drug-likeness (QED) is 0.413. The van der Waals surface area contributed by atoms with Gasteiger partial charge in [0.05, 0.1) is 11.5 Å². The van der Waals surface area contributed by atoms with Crippen molar-refractivity contribution in [3.63, 3.8) is 0 Å². The molecular weight excluding hydrogens is 446 g/mol. The predicted octanol–water partition coefficient (Wildman–Crippen LogP) is 3.61. The van der Waals surface area contributed by atoms with Crippen molar-refractivity contribution in [1.29, 1.82) is 0 Å². The van der Waals surface area contributed by atoms with Gasteiger partial charge in [-0.2, -0.15) is 0 Å². The molecule has 1 aliphatic carbocycles. The Balaban J connectivity index is 1.64. The number of hydrogen-bond acceptors (Lipinski definition) is 7. The van der Waals surface area contributed by atoms with Crippen LogP contribution in [0.15, 0.2) is 85.2 Å². The lowest BCUT2D eigenvalue weighted by Crippen LogP contribution is -2.55. The van der Waals surface area contributed by atoms with Crippen LogP contribution in [0.25, 0.3) is 0 Å². The summed E-state index contributed by atoms with van der Waals surface area (Å²) < 4.78 is 11.1. The van der Waals surface area contributed by atoms with Crippen LogP contribution in [0.1, 0.15) is 36.0 Å². The van der Waals surface area contributed by atoms with Gasteiger partial charge in [0, 0.05) is 24.7 Å². The van der Waals surface area contributed by atoms with Crippen LogP contribution in [-0.4, -0.2) is 33.4 Å². The number of ether oxygens (including phenoxy) is 2. The van der Waals surface area contributed by atoms with Crippen LogP contribution in [0.5, 0.6) is 0 Å². The average molecular weight is 474 g/mol. The molecule has 0 aliphatic heterocycles. The molecule has 1 fully saturated rings. The fourth-order valence-electron chi connectivity index (χ4n) is 4.63. The minimum Gasteiger partial charge on any atom is -0.461 e. The van der Waals surface area contributed by atoms with Crippen LogP contribution in [0.2, 0.25) is 0 Å². The van der Waals surface area contributed by atoms with Gasteiger partial charge < -0.3 is 14.6 Å². The summed E-state index contributed by atoms with van der Waals surface area (Å²) in [6.45, 7) is 1.42. The number of Topliss-reactive ketones (excluding diaryl/α,β-unsaturated/α-hetero) is 1. The Kier molecular flexibility index (Phi) is 7.36. The van der Waals surface area contributed by atoms with Crippen molar-refractivity contribution in [1.82, 2.24) is 4.98 Å². The highest BCUT2D eigenvalue weighted by molar-refractivity contribution is 6.02. The Morgan fingerprint density at radius 2 is 1.49 bits per heavy atom. The number of hydrogen-bond donors (Lipinski definition) is 1. The number of carbonyl (C=O) groups excluding carboxylic acids is 3. The van der Waals surface area contributed by atoms with Gasteiger partial charge in [-0.1, -0.05) is 66.7 Å². The van der Waals surface area contributed by atoms with Gasteiger partial charge >= 0.3 is 11.9 Å². The fourth-order valence-corrected chi connectivity index (χ4v) is 4.63. The van der Waals surface area contributed by atoms with Gasteiger partial charge in [-0.25, -0.2) is 0 Å². The van der Waals surface area contributed by atoms with Crippen LogP contribution < -0.4 is 0 Å². The number of ketones is 1. The molecule has 1 aliphatic rings. The van der Waals surface area contributed by atoms with E-state index in [1.54, 1.807) is 18.3 Å². The molecule has 4 atom stereocenters. The number of esters is 2. The molecule has 0 bridgehead atoms. The molecule has 35 heavy (non-hydrogen) atoms. The summed E-state index contributed by atoms with van der Waals surface area (Å²) >= 11 is 0. The number of nitrogens with zero attached hydrogens (tertiary/aromatic N) is 1. The van der Waals surface area contributed by atoms with Crippen molar-refractivity contribution in [3.8, 4) is 0 Å². The van der Waals surface area contributed by atoms with Gasteiger partial charge in [0.25, 0.3) is 0 Å². The van der Waals surface area contributed by atoms with Crippen molar-refractivity contribution in [2.24, 2.45) is 11.8 Å². The maximum absolute atomic E-state index is 13.4. The van der Waals surface area contributed by atoms with E-state index in [4.69, 9.17) is 9.47 Å².